The van der Waals surface area contributed by atoms with Crippen LogP contribution in [0.2, 0.25) is 0 Å². The first-order chi connectivity index (χ1) is 17.0. The summed E-state index contributed by atoms with van der Waals surface area (Å²) < 4.78 is 37.9. The zero-order valence-electron chi connectivity index (χ0n) is 19.6. The van der Waals surface area contributed by atoms with Crippen molar-refractivity contribution in [3.8, 4) is 5.75 Å². The average Bonchev–Trinajstić information content (AvgIpc) is 2.84. The van der Waals surface area contributed by atoms with E-state index < -0.39 is 33.4 Å². The molecule has 0 heterocycles. The Kier molecular flexibility index (Phi) is 7.90. The maximum Gasteiger partial charge on any atom is 0.338 e. The predicted molar refractivity (Wildman–Crippen MR) is 132 cm³/mol. The van der Waals surface area contributed by atoms with Gasteiger partial charge in [0.25, 0.3) is 21.6 Å². The third-order valence-electron chi connectivity index (χ3n) is 5.14. The van der Waals surface area contributed by atoms with E-state index in [1.165, 1.54) is 49.6 Å². The van der Waals surface area contributed by atoms with Crippen molar-refractivity contribution >= 4 is 39.0 Å². The monoisotopic (exact) mass is 513 g/mol. The standard InChI is InChI=1S/C24H23N3O8S/c1-15-11-21(22(27(30)31)12-16(15)2)25-23(28)14-35-24(29)17-5-4-6-20(13-17)36(32,33)26-18-7-9-19(34-3)10-8-18/h4-13,26H,14H2,1-3H3,(H,25,28). The van der Waals surface area contributed by atoms with Gasteiger partial charge in [-0.15, -0.1) is 0 Å². The highest BCUT2D eigenvalue weighted by molar-refractivity contribution is 7.92. The summed E-state index contributed by atoms with van der Waals surface area (Å²) in [5.41, 5.74) is 1.29. The molecule has 0 spiro atoms. The Hall–Kier alpha value is -4.45. The van der Waals surface area contributed by atoms with Crippen LogP contribution in [0.25, 0.3) is 0 Å². The number of aryl methyl sites for hydroxylation is 2. The molecule has 0 unspecified atom stereocenters. The molecule has 3 aromatic carbocycles. The van der Waals surface area contributed by atoms with Gasteiger partial charge in [-0.3, -0.25) is 19.6 Å². The van der Waals surface area contributed by atoms with Crippen molar-refractivity contribution in [3.63, 3.8) is 0 Å². The molecule has 3 aromatic rings. The van der Waals surface area contributed by atoms with Crippen LogP contribution in [0.4, 0.5) is 17.1 Å². The molecule has 0 aliphatic carbocycles. The number of carbonyl (C=O) groups excluding carboxylic acids is 2. The first-order valence-corrected chi connectivity index (χ1v) is 12.0. The number of methoxy groups -OCH3 is 1. The predicted octanol–water partition coefficient (Wildman–Crippen LogP) is 3.82. The van der Waals surface area contributed by atoms with Gasteiger partial charge in [-0.1, -0.05) is 6.07 Å². The molecule has 11 nitrogen and oxygen atoms in total. The number of hydrogen-bond donors (Lipinski definition) is 2. The molecule has 0 saturated heterocycles. The van der Waals surface area contributed by atoms with Gasteiger partial charge in [0, 0.05) is 11.8 Å². The Morgan fingerprint density at radius 2 is 1.67 bits per heavy atom. The van der Waals surface area contributed by atoms with Crippen LogP contribution in [0.3, 0.4) is 0 Å². The van der Waals surface area contributed by atoms with E-state index in [0.29, 0.717) is 17.0 Å². The van der Waals surface area contributed by atoms with Gasteiger partial charge in [0.1, 0.15) is 11.4 Å². The number of benzene rings is 3. The molecule has 36 heavy (non-hydrogen) atoms. The summed E-state index contributed by atoms with van der Waals surface area (Å²) in [6.07, 6.45) is 0. The number of anilines is 2. The molecule has 0 bridgehead atoms. The lowest BCUT2D eigenvalue weighted by molar-refractivity contribution is -0.384. The average molecular weight is 514 g/mol. The number of sulfonamides is 1. The quantitative estimate of drug-likeness (QED) is 0.249. The number of nitrogens with one attached hydrogen (secondary N) is 2. The molecular weight excluding hydrogens is 490 g/mol. The fourth-order valence-corrected chi connectivity index (χ4v) is 4.22. The van der Waals surface area contributed by atoms with Crippen LogP contribution < -0.4 is 14.8 Å². The molecule has 0 atom stereocenters. The maximum atomic E-state index is 12.7. The van der Waals surface area contributed by atoms with E-state index in [1.54, 1.807) is 26.0 Å². The van der Waals surface area contributed by atoms with Gasteiger partial charge in [-0.2, -0.15) is 0 Å². The second-order valence-electron chi connectivity index (χ2n) is 7.70. The van der Waals surface area contributed by atoms with Crippen LogP contribution >= 0.6 is 0 Å². The summed E-state index contributed by atoms with van der Waals surface area (Å²) in [5.74, 6) is -1.18. The minimum absolute atomic E-state index is 0.0261. The van der Waals surface area contributed by atoms with Crippen molar-refractivity contribution in [2.75, 3.05) is 23.8 Å². The molecule has 0 saturated carbocycles. The lowest BCUT2D eigenvalue weighted by atomic mass is 10.1. The molecule has 2 N–H and O–H groups in total. The smallest absolute Gasteiger partial charge is 0.338 e. The molecule has 1 amide bonds. The summed E-state index contributed by atoms with van der Waals surface area (Å²) in [5, 5.41) is 13.6. The summed E-state index contributed by atoms with van der Waals surface area (Å²) in [6.45, 7) is 2.71. The van der Waals surface area contributed by atoms with E-state index >= 15 is 0 Å². The maximum absolute atomic E-state index is 12.7. The van der Waals surface area contributed by atoms with Crippen molar-refractivity contribution in [1.29, 1.82) is 0 Å². The van der Waals surface area contributed by atoms with Gasteiger partial charge in [0.15, 0.2) is 6.61 Å². The first-order valence-electron chi connectivity index (χ1n) is 10.5. The van der Waals surface area contributed by atoms with E-state index in [1.807, 2.05) is 0 Å². The summed E-state index contributed by atoms with van der Waals surface area (Å²) >= 11 is 0. The number of rotatable bonds is 9. The molecule has 0 radical (unpaired) electrons. The van der Waals surface area contributed by atoms with Gasteiger partial charge in [-0.05, 0) is 73.5 Å². The van der Waals surface area contributed by atoms with Gasteiger partial charge >= 0.3 is 5.97 Å². The summed E-state index contributed by atoms with van der Waals surface area (Å²) in [6, 6.07) is 14.1. The fourth-order valence-electron chi connectivity index (χ4n) is 3.12. The number of hydrogen-bond acceptors (Lipinski definition) is 8. The van der Waals surface area contributed by atoms with Crippen LogP contribution in [-0.2, 0) is 19.6 Å². The normalized spacial score (nSPS) is 10.9. The molecule has 12 heteroatoms. The lowest BCUT2D eigenvalue weighted by Crippen LogP contribution is -2.22. The summed E-state index contributed by atoms with van der Waals surface area (Å²) in [7, 11) is -2.54. The largest absolute Gasteiger partial charge is 0.497 e. The Balaban J connectivity index is 1.67. The number of ether oxygens (including phenoxy) is 2. The molecular formula is C24H23N3O8S. The Bertz CT molecular complexity index is 1420. The Morgan fingerprint density at radius 1 is 1.00 bits per heavy atom. The molecule has 3 rings (SSSR count). The number of nitrogens with zero attached hydrogens (tertiary/aromatic N) is 1. The van der Waals surface area contributed by atoms with Gasteiger partial charge in [0.2, 0.25) is 0 Å². The summed E-state index contributed by atoms with van der Waals surface area (Å²) in [4.78, 5) is 35.2. The highest BCUT2D eigenvalue weighted by atomic mass is 32.2. The first kappa shape index (κ1) is 26.2. The van der Waals surface area contributed by atoms with Crippen LogP contribution in [-0.4, -0.2) is 38.9 Å². The van der Waals surface area contributed by atoms with Crippen LogP contribution in [0, 0.1) is 24.0 Å². The van der Waals surface area contributed by atoms with E-state index in [2.05, 4.69) is 10.0 Å². The number of nitro groups is 1. The van der Waals surface area contributed by atoms with Gasteiger partial charge in [0.05, 0.1) is 22.5 Å². The molecule has 0 fully saturated rings. The van der Waals surface area contributed by atoms with Crippen LogP contribution in [0.15, 0.2) is 65.6 Å². The van der Waals surface area contributed by atoms with Crippen molar-refractivity contribution in [2.24, 2.45) is 0 Å². The Morgan fingerprint density at radius 3 is 2.31 bits per heavy atom. The highest BCUT2D eigenvalue weighted by Gasteiger charge is 2.20. The van der Waals surface area contributed by atoms with Crippen LogP contribution in [0.5, 0.6) is 5.75 Å². The van der Waals surface area contributed by atoms with Crippen molar-refractivity contribution in [2.45, 2.75) is 18.7 Å². The van der Waals surface area contributed by atoms with Gasteiger partial charge in [-0.25, -0.2) is 13.2 Å². The zero-order chi connectivity index (χ0) is 26.5. The minimum atomic E-state index is -4.02. The molecule has 188 valence electrons. The number of nitro benzene ring substituents is 1. The van der Waals surface area contributed by atoms with E-state index in [9.17, 15) is 28.1 Å². The number of esters is 1. The van der Waals surface area contributed by atoms with Crippen molar-refractivity contribution < 1.29 is 32.4 Å². The fraction of sp³-hybridized carbons (Fsp3) is 0.167. The van der Waals surface area contributed by atoms with E-state index in [4.69, 9.17) is 9.47 Å². The third-order valence-corrected chi connectivity index (χ3v) is 6.52. The van der Waals surface area contributed by atoms with E-state index in [-0.39, 0.29) is 21.8 Å². The van der Waals surface area contributed by atoms with Crippen molar-refractivity contribution in [3.05, 3.63) is 87.5 Å². The highest BCUT2D eigenvalue weighted by Crippen LogP contribution is 2.28. The third kappa shape index (κ3) is 6.36. The Labute approximate surface area is 207 Å². The van der Waals surface area contributed by atoms with Crippen LogP contribution in [0.1, 0.15) is 21.5 Å². The zero-order valence-corrected chi connectivity index (χ0v) is 20.4. The SMILES string of the molecule is COc1ccc(NS(=O)(=O)c2cccc(C(=O)OCC(=O)Nc3cc(C)c(C)cc3[N+](=O)[O-])c2)cc1. The molecule has 0 aliphatic heterocycles. The number of amides is 1. The lowest BCUT2D eigenvalue weighted by Gasteiger charge is -2.11. The van der Waals surface area contributed by atoms with Crippen molar-refractivity contribution in [1.82, 2.24) is 0 Å². The number of carbonyl (C=O) groups is 2. The molecule has 0 aromatic heterocycles. The minimum Gasteiger partial charge on any atom is -0.497 e. The van der Waals surface area contributed by atoms with E-state index in [0.717, 1.165) is 11.6 Å². The van der Waals surface area contributed by atoms with Gasteiger partial charge < -0.3 is 14.8 Å². The second kappa shape index (κ2) is 10.9. The molecule has 0 aliphatic rings. The second-order valence-corrected chi connectivity index (χ2v) is 9.38. The topological polar surface area (TPSA) is 154 Å².